The lowest BCUT2D eigenvalue weighted by atomic mass is 10.1. The largest absolute Gasteiger partial charge is 0.495 e. The molecule has 4 heterocycles. The molecular weight excluding hydrogens is 394 g/mol. The van der Waals surface area contributed by atoms with Crippen molar-refractivity contribution in [2.24, 2.45) is 0 Å². The molecule has 0 bridgehead atoms. The Morgan fingerprint density at radius 2 is 2.10 bits per heavy atom. The van der Waals surface area contributed by atoms with Gasteiger partial charge in [-0.3, -0.25) is 14.7 Å². The molecule has 0 spiro atoms. The SMILES string of the molecule is COc1c(C)cc(CN2C(=O)/C(=C/c3ncc[nH]3)c3c(Cl)nc(N)nc32)nc1C. The monoisotopic (exact) mass is 411 g/mol. The van der Waals surface area contributed by atoms with Crippen molar-refractivity contribution in [3.63, 3.8) is 0 Å². The summed E-state index contributed by atoms with van der Waals surface area (Å²) in [6.45, 7) is 3.98. The molecule has 10 heteroatoms. The zero-order valence-electron chi connectivity index (χ0n) is 16.0. The standard InChI is InChI=1S/C19H18ClN7O2/c1-9-6-11(24-10(2)15(9)29-3)8-27-17-14(16(20)25-19(21)26-17)12(18(27)28)7-13-22-4-5-23-13/h4-7H,8H2,1-3H3,(H,22,23)(H2,21,25,26)/b12-7+. The van der Waals surface area contributed by atoms with Crippen LogP contribution in [-0.4, -0.2) is 37.9 Å². The maximum absolute atomic E-state index is 13.2. The van der Waals surface area contributed by atoms with Gasteiger partial charge in [0.15, 0.2) is 5.82 Å². The Morgan fingerprint density at radius 1 is 1.31 bits per heavy atom. The van der Waals surface area contributed by atoms with Crippen LogP contribution in [0.5, 0.6) is 5.75 Å². The van der Waals surface area contributed by atoms with Gasteiger partial charge in [-0.2, -0.15) is 4.98 Å². The average molecular weight is 412 g/mol. The molecule has 1 aliphatic rings. The van der Waals surface area contributed by atoms with E-state index < -0.39 is 0 Å². The number of hydrogen-bond acceptors (Lipinski definition) is 7. The number of nitrogens with one attached hydrogen (secondary N) is 1. The number of H-pyrrole nitrogens is 1. The minimum atomic E-state index is -0.286. The highest BCUT2D eigenvalue weighted by molar-refractivity contribution is 6.41. The number of nitrogen functional groups attached to an aromatic ring is 1. The first-order valence-electron chi connectivity index (χ1n) is 8.76. The summed E-state index contributed by atoms with van der Waals surface area (Å²) in [5.41, 5.74) is 8.89. The number of halogens is 1. The molecule has 0 saturated heterocycles. The Bertz CT molecular complexity index is 1120. The van der Waals surface area contributed by atoms with E-state index in [9.17, 15) is 4.79 Å². The van der Waals surface area contributed by atoms with Crippen molar-refractivity contribution >= 4 is 40.9 Å². The van der Waals surface area contributed by atoms with Gasteiger partial charge in [0.1, 0.15) is 16.7 Å². The molecule has 3 aromatic rings. The molecule has 0 saturated carbocycles. The molecule has 3 N–H and O–H groups in total. The van der Waals surface area contributed by atoms with E-state index >= 15 is 0 Å². The molecule has 0 aliphatic carbocycles. The first kappa shape index (κ1) is 18.9. The number of amides is 1. The number of aryl methyl sites for hydroxylation is 2. The van der Waals surface area contributed by atoms with E-state index in [1.54, 1.807) is 25.6 Å². The fourth-order valence-corrected chi connectivity index (χ4v) is 3.71. The maximum atomic E-state index is 13.2. The molecule has 9 nitrogen and oxygen atoms in total. The average Bonchev–Trinajstić information content (AvgIpc) is 3.24. The second-order valence-electron chi connectivity index (χ2n) is 6.54. The summed E-state index contributed by atoms with van der Waals surface area (Å²) in [6, 6.07) is 1.87. The molecule has 0 unspecified atom stereocenters. The summed E-state index contributed by atoms with van der Waals surface area (Å²) in [4.78, 5) is 34.6. The number of pyridine rings is 1. The van der Waals surface area contributed by atoms with Gasteiger partial charge in [0.2, 0.25) is 5.95 Å². The summed E-state index contributed by atoms with van der Waals surface area (Å²) in [7, 11) is 1.60. The lowest BCUT2D eigenvalue weighted by molar-refractivity contribution is -0.113. The van der Waals surface area contributed by atoms with Crippen molar-refractivity contribution < 1.29 is 9.53 Å². The van der Waals surface area contributed by atoms with Crippen molar-refractivity contribution in [1.82, 2.24) is 24.9 Å². The molecule has 1 aliphatic heterocycles. The molecule has 3 aromatic heterocycles. The van der Waals surface area contributed by atoms with Crippen molar-refractivity contribution in [1.29, 1.82) is 0 Å². The van der Waals surface area contributed by atoms with E-state index in [4.69, 9.17) is 22.1 Å². The predicted octanol–water partition coefficient (Wildman–Crippen LogP) is 2.54. The van der Waals surface area contributed by atoms with Crippen LogP contribution >= 0.6 is 11.6 Å². The van der Waals surface area contributed by atoms with Gasteiger partial charge in [0, 0.05) is 12.4 Å². The van der Waals surface area contributed by atoms with Crippen LogP contribution in [0.4, 0.5) is 11.8 Å². The summed E-state index contributed by atoms with van der Waals surface area (Å²) >= 11 is 6.32. The van der Waals surface area contributed by atoms with Gasteiger partial charge >= 0.3 is 0 Å². The van der Waals surface area contributed by atoms with Crippen LogP contribution in [0.3, 0.4) is 0 Å². The van der Waals surface area contributed by atoms with E-state index in [-0.39, 0.29) is 23.6 Å². The second-order valence-corrected chi connectivity index (χ2v) is 6.90. The quantitative estimate of drug-likeness (QED) is 0.499. The van der Waals surface area contributed by atoms with E-state index in [0.717, 1.165) is 17.0 Å². The third-order valence-electron chi connectivity index (χ3n) is 4.57. The number of hydrogen-bond donors (Lipinski definition) is 2. The number of anilines is 2. The van der Waals surface area contributed by atoms with Gasteiger partial charge in [-0.05, 0) is 31.6 Å². The highest BCUT2D eigenvalue weighted by Gasteiger charge is 2.37. The normalized spacial score (nSPS) is 14.6. The van der Waals surface area contributed by atoms with E-state index in [0.29, 0.717) is 28.5 Å². The third-order valence-corrected chi connectivity index (χ3v) is 4.84. The van der Waals surface area contributed by atoms with Gasteiger partial charge in [-0.15, -0.1) is 0 Å². The smallest absolute Gasteiger partial charge is 0.260 e. The molecule has 0 radical (unpaired) electrons. The molecule has 0 atom stereocenters. The number of rotatable bonds is 4. The molecule has 0 fully saturated rings. The number of nitrogens with two attached hydrogens (primary N) is 1. The van der Waals surface area contributed by atoms with Gasteiger partial charge in [-0.25, -0.2) is 9.97 Å². The minimum Gasteiger partial charge on any atom is -0.495 e. The Morgan fingerprint density at radius 3 is 2.76 bits per heavy atom. The van der Waals surface area contributed by atoms with Crippen LogP contribution in [0.1, 0.15) is 28.3 Å². The molecule has 1 amide bonds. The first-order chi connectivity index (χ1) is 13.9. The van der Waals surface area contributed by atoms with E-state index in [1.165, 1.54) is 4.90 Å². The molecule has 0 aromatic carbocycles. The lowest BCUT2D eigenvalue weighted by Gasteiger charge is -2.17. The maximum Gasteiger partial charge on any atom is 0.260 e. The Hall–Kier alpha value is -3.46. The second kappa shape index (κ2) is 7.17. The van der Waals surface area contributed by atoms with Crippen molar-refractivity contribution in [3.05, 3.63) is 52.0 Å². The number of nitrogens with zero attached hydrogens (tertiary/aromatic N) is 5. The summed E-state index contributed by atoms with van der Waals surface area (Å²) in [6.07, 6.45) is 4.88. The molecule has 4 rings (SSSR count). The Kier molecular flexibility index (Phi) is 4.67. The first-order valence-corrected chi connectivity index (χ1v) is 9.14. The zero-order chi connectivity index (χ0) is 20.7. The summed E-state index contributed by atoms with van der Waals surface area (Å²) in [5, 5.41) is 0.108. The van der Waals surface area contributed by atoms with Gasteiger partial charge in [0.05, 0.1) is 36.2 Å². The topological polar surface area (TPSA) is 123 Å². The van der Waals surface area contributed by atoms with E-state index in [1.807, 2.05) is 19.9 Å². The molecule has 148 valence electrons. The highest BCUT2D eigenvalue weighted by Crippen LogP contribution is 2.41. The number of carbonyl (C=O) groups excluding carboxylic acids is 1. The number of aromatic amines is 1. The number of methoxy groups -OCH3 is 1. The van der Waals surface area contributed by atoms with E-state index in [2.05, 4.69) is 24.9 Å². The van der Waals surface area contributed by atoms with Gasteiger partial charge in [0.25, 0.3) is 5.91 Å². The number of imidazole rings is 1. The van der Waals surface area contributed by atoms with Crippen molar-refractivity contribution in [2.75, 3.05) is 17.7 Å². The van der Waals surface area contributed by atoms with Crippen LogP contribution in [0, 0.1) is 13.8 Å². The van der Waals surface area contributed by atoms with Crippen molar-refractivity contribution in [3.8, 4) is 5.75 Å². The highest BCUT2D eigenvalue weighted by atomic mass is 35.5. The number of aromatic nitrogens is 5. The van der Waals surface area contributed by atoms with Crippen LogP contribution in [0.2, 0.25) is 5.15 Å². The Labute approximate surface area is 171 Å². The van der Waals surface area contributed by atoms with Crippen molar-refractivity contribution in [2.45, 2.75) is 20.4 Å². The van der Waals surface area contributed by atoms with Gasteiger partial charge < -0.3 is 15.5 Å². The molecule has 29 heavy (non-hydrogen) atoms. The fourth-order valence-electron chi connectivity index (χ4n) is 3.44. The fraction of sp³-hybridized carbons (Fsp3) is 0.211. The number of fused-ring (bicyclic) bond motifs is 1. The van der Waals surface area contributed by atoms with Crippen LogP contribution < -0.4 is 15.4 Å². The van der Waals surface area contributed by atoms with Crippen LogP contribution in [0.15, 0.2) is 18.5 Å². The van der Waals surface area contributed by atoms with Gasteiger partial charge in [-0.1, -0.05) is 11.6 Å². The minimum absolute atomic E-state index is 0.0131. The van der Waals surface area contributed by atoms with Crippen LogP contribution in [0.25, 0.3) is 11.6 Å². The Balaban J connectivity index is 1.80. The third kappa shape index (κ3) is 3.29. The summed E-state index contributed by atoms with van der Waals surface area (Å²) < 4.78 is 5.37. The zero-order valence-corrected chi connectivity index (χ0v) is 16.8. The predicted molar refractivity (Wildman–Crippen MR) is 109 cm³/mol. The molecular formula is C19H18ClN7O2. The van der Waals surface area contributed by atoms with Crippen LogP contribution in [-0.2, 0) is 11.3 Å². The number of carbonyl (C=O) groups is 1. The summed E-state index contributed by atoms with van der Waals surface area (Å²) in [5.74, 6) is 1.28. The lowest BCUT2D eigenvalue weighted by Crippen LogP contribution is -2.27. The number of ether oxygens (including phenoxy) is 1.